The number of amides is 1. The van der Waals surface area contributed by atoms with Crippen LogP contribution in [-0.2, 0) is 4.79 Å². The molecule has 6 heteroatoms. The number of thiophene rings is 1. The van der Waals surface area contributed by atoms with Crippen LogP contribution in [0.15, 0.2) is 39.9 Å². The van der Waals surface area contributed by atoms with Crippen LogP contribution in [0.1, 0.15) is 31.6 Å². The zero-order chi connectivity index (χ0) is 16.8. The summed E-state index contributed by atoms with van der Waals surface area (Å²) in [4.78, 5) is 15.2. The number of hydrogen-bond acceptors (Lipinski definition) is 5. The summed E-state index contributed by atoms with van der Waals surface area (Å²) in [6.45, 7) is 7.37. The number of dihydropyridines is 1. The molecule has 1 aromatic rings. The van der Waals surface area contributed by atoms with E-state index in [1.54, 1.807) is 11.3 Å². The Labute approximate surface area is 145 Å². The molecule has 0 saturated heterocycles. The molecule has 1 aromatic heterocycles. The fourth-order valence-corrected chi connectivity index (χ4v) is 4.31. The molecular weight excluding hydrogens is 326 g/mol. The lowest BCUT2D eigenvalue weighted by Gasteiger charge is -2.24. The molecule has 0 radical (unpaired) electrons. The zero-order valence-electron chi connectivity index (χ0n) is 13.6. The molecule has 2 rings (SSSR count). The number of nitrogens with zero attached hydrogens (tertiary/aromatic N) is 2. The maximum atomic E-state index is 12.2. The van der Waals surface area contributed by atoms with Crippen LogP contribution in [0.4, 0.5) is 0 Å². The summed E-state index contributed by atoms with van der Waals surface area (Å²) in [7, 11) is 0. The topological polar surface area (TPSA) is 56.1 Å². The predicted molar refractivity (Wildman–Crippen MR) is 97.0 cm³/mol. The van der Waals surface area contributed by atoms with Crippen molar-refractivity contribution in [2.75, 3.05) is 18.8 Å². The minimum absolute atomic E-state index is 0.0210. The van der Waals surface area contributed by atoms with Crippen LogP contribution in [0, 0.1) is 11.3 Å². The Kier molecular flexibility index (Phi) is 6.31. The van der Waals surface area contributed by atoms with E-state index in [1.165, 1.54) is 11.8 Å². The highest BCUT2D eigenvalue weighted by molar-refractivity contribution is 8.03. The molecule has 0 aliphatic carbocycles. The molecule has 1 atom stereocenters. The van der Waals surface area contributed by atoms with E-state index in [1.807, 2.05) is 43.2 Å². The second kappa shape index (κ2) is 8.23. The quantitative estimate of drug-likeness (QED) is 0.853. The summed E-state index contributed by atoms with van der Waals surface area (Å²) in [5, 5.41) is 15.7. The van der Waals surface area contributed by atoms with Gasteiger partial charge in [-0.15, -0.1) is 11.3 Å². The average Bonchev–Trinajstić information content (AvgIpc) is 3.07. The Morgan fingerprint density at radius 1 is 1.48 bits per heavy atom. The molecule has 0 saturated carbocycles. The van der Waals surface area contributed by atoms with Gasteiger partial charge < -0.3 is 10.2 Å². The van der Waals surface area contributed by atoms with E-state index in [-0.39, 0.29) is 11.8 Å². The molecule has 0 aromatic carbocycles. The third kappa shape index (κ3) is 4.18. The molecule has 23 heavy (non-hydrogen) atoms. The Morgan fingerprint density at radius 3 is 2.78 bits per heavy atom. The standard InChI is InChI=1S/C17H21N3OS2/c1-4-20(5-2)16(21)11-23-17-14(10-18)13(9-12(3)19-17)15-7-6-8-22-15/h6-9,13,19H,4-5,11H2,1-3H3/t13-/m1/s1. The first kappa shape index (κ1) is 17.6. The number of nitriles is 1. The fourth-order valence-electron chi connectivity index (χ4n) is 2.49. The molecule has 0 fully saturated rings. The lowest BCUT2D eigenvalue weighted by Crippen LogP contribution is -2.32. The lowest BCUT2D eigenvalue weighted by molar-refractivity contribution is -0.127. The highest BCUT2D eigenvalue weighted by Gasteiger charge is 2.25. The molecule has 1 aliphatic rings. The molecule has 122 valence electrons. The van der Waals surface area contributed by atoms with Gasteiger partial charge in [0.05, 0.1) is 28.3 Å². The highest BCUT2D eigenvalue weighted by atomic mass is 32.2. The summed E-state index contributed by atoms with van der Waals surface area (Å²) in [5.74, 6) is 0.429. The lowest BCUT2D eigenvalue weighted by atomic mass is 9.95. The average molecular weight is 348 g/mol. The monoisotopic (exact) mass is 347 g/mol. The molecule has 0 bridgehead atoms. The van der Waals surface area contributed by atoms with Crippen molar-refractivity contribution in [1.82, 2.24) is 10.2 Å². The van der Waals surface area contributed by atoms with Crippen LogP contribution >= 0.6 is 23.1 Å². The summed E-state index contributed by atoms with van der Waals surface area (Å²) in [6, 6.07) is 6.37. The molecular formula is C17H21N3OS2. The van der Waals surface area contributed by atoms with Gasteiger partial charge in [0.1, 0.15) is 0 Å². The van der Waals surface area contributed by atoms with Crippen molar-refractivity contribution < 1.29 is 4.79 Å². The minimum atomic E-state index is -0.0210. The summed E-state index contributed by atoms with van der Waals surface area (Å²) in [5.41, 5.74) is 1.70. The van der Waals surface area contributed by atoms with Crippen molar-refractivity contribution in [3.05, 3.63) is 44.8 Å². The van der Waals surface area contributed by atoms with E-state index in [2.05, 4.69) is 17.5 Å². The Morgan fingerprint density at radius 2 is 2.22 bits per heavy atom. The van der Waals surface area contributed by atoms with Crippen LogP contribution in [0.25, 0.3) is 0 Å². The summed E-state index contributed by atoms with van der Waals surface area (Å²) >= 11 is 3.07. The van der Waals surface area contributed by atoms with Gasteiger partial charge in [0.15, 0.2) is 0 Å². The van der Waals surface area contributed by atoms with Crippen LogP contribution in [0.5, 0.6) is 0 Å². The summed E-state index contributed by atoms with van der Waals surface area (Å²) < 4.78 is 0. The normalized spacial score (nSPS) is 17.3. The molecule has 0 unspecified atom stereocenters. The van der Waals surface area contributed by atoms with Crippen LogP contribution in [0.3, 0.4) is 0 Å². The third-order valence-electron chi connectivity index (χ3n) is 3.71. The van der Waals surface area contributed by atoms with Gasteiger partial charge in [-0.05, 0) is 32.2 Å². The van der Waals surface area contributed by atoms with Crippen molar-refractivity contribution in [1.29, 1.82) is 5.26 Å². The van der Waals surface area contributed by atoms with Gasteiger partial charge in [-0.2, -0.15) is 5.26 Å². The smallest absolute Gasteiger partial charge is 0.232 e. The predicted octanol–water partition coefficient (Wildman–Crippen LogP) is 3.68. The Bertz CT molecular complexity index is 652. The second-order valence-electron chi connectivity index (χ2n) is 5.18. The number of carbonyl (C=O) groups is 1. The van der Waals surface area contributed by atoms with Crippen molar-refractivity contribution >= 4 is 29.0 Å². The van der Waals surface area contributed by atoms with E-state index in [0.717, 1.165) is 15.6 Å². The number of nitrogens with one attached hydrogen (secondary N) is 1. The summed E-state index contributed by atoms with van der Waals surface area (Å²) in [6.07, 6.45) is 2.07. The van der Waals surface area contributed by atoms with Gasteiger partial charge in [-0.3, -0.25) is 4.79 Å². The number of rotatable bonds is 6. The largest absolute Gasteiger partial charge is 0.353 e. The highest BCUT2D eigenvalue weighted by Crippen LogP contribution is 2.37. The second-order valence-corrected chi connectivity index (χ2v) is 7.14. The zero-order valence-corrected chi connectivity index (χ0v) is 15.3. The van der Waals surface area contributed by atoms with Gasteiger partial charge in [0.25, 0.3) is 0 Å². The van der Waals surface area contributed by atoms with Gasteiger partial charge >= 0.3 is 0 Å². The number of allylic oxidation sites excluding steroid dienone is 3. The van der Waals surface area contributed by atoms with E-state index >= 15 is 0 Å². The number of thioether (sulfide) groups is 1. The Hall–Kier alpha value is -1.71. The first-order chi connectivity index (χ1) is 11.1. The maximum Gasteiger partial charge on any atom is 0.232 e. The molecule has 1 amide bonds. The van der Waals surface area contributed by atoms with Gasteiger partial charge in [-0.1, -0.05) is 23.9 Å². The van der Waals surface area contributed by atoms with Crippen LogP contribution in [0.2, 0.25) is 0 Å². The van der Waals surface area contributed by atoms with Gasteiger partial charge in [-0.25, -0.2) is 0 Å². The van der Waals surface area contributed by atoms with Crippen LogP contribution < -0.4 is 5.32 Å². The SMILES string of the molecule is CCN(CC)C(=O)CSC1=C(C#N)[C@H](c2cccs2)C=C(C)N1. The molecule has 4 nitrogen and oxygen atoms in total. The maximum absolute atomic E-state index is 12.2. The van der Waals surface area contributed by atoms with Crippen molar-refractivity contribution in [3.63, 3.8) is 0 Å². The fraction of sp³-hybridized carbons (Fsp3) is 0.412. The van der Waals surface area contributed by atoms with Gasteiger partial charge in [0, 0.05) is 23.7 Å². The molecule has 1 N–H and O–H groups in total. The number of hydrogen-bond donors (Lipinski definition) is 1. The third-order valence-corrected chi connectivity index (χ3v) is 5.67. The van der Waals surface area contributed by atoms with E-state index in [0.29, 0.717) is 24.4 Å². The first-order valence-electron chi connectivity index (χ1n) is 7.64. The minimum Gasteiger partial charge on any atom is -0.353 e. The first-order valence-corrected chi connectivity index (χ1v) is 9.50. The van der Waals surface area contributed by atoms with E-state index in [9.17, 15) is 10.1 Å². The molecule has 2 heterocycles. The van der Waals surface area contributed by atoms with E-state index in [4.69, 9.17) is 0 Å². The van der Waals surface area contributed by atoms with Gasteiger partial charge in [0.2, 0.25) is 5.91 Å². The molecule has 0 spiro atoms. The Balaban J connectivity index is 2.18. The van der Waals surface area contributed by atoms with Crippen LogP contribution in [-0.4, -0.2) is 29.6 Å². The van der Waals surface area contributed by atoms with Crippen molar-refractivity contribution in [2.45, 2.75) is 26.7 Å². The van der Waals surface area contributed by atoms with Crippen molar-refractivity contribution in [2.24, 2.45) is 0 Å². The molecule has 1 aliphatic heterocycles. The van der Waals surface area contributed by atoms with E-state index < -0.39 is 0 Å². The number of carbonyl (C=O) groups excluding carboxylic acids is 1. The van der Waals surface area contributed by atoms with Crippen molar-refractivity contribution in [3.8, 4) is 6.07 Å².